The fourth-order valence-corrected chi connectivity index (χ4v) is 1.54. The second-order valence-corrected chi connectivity index (χ2v) is 4.00. The van der Waals surface area contributed by atoms with Gasteiger partial charge in [-0.05, 0) is 24.6 Å². The van der Waals surface area contributed by atoms with Gasteiger partial charge in [-0.1, -0.05) is 0 Å². The van der Waals surface area contributed by atoms with Gasteiger partial charge in [0.05, 0.1) is 34.0 Å². The van der Waals surface area contributed by atoms with Crippen LogP contribution in [-0.4, -0.2) is 44.6 Å². The molecule has 6 heteroatoms. The predicted octanol–water partition coefficient (Wildman–Crippen LogP) is 1.14. The molecule has 1 atom stereocenters. The molecule has 1 aromatic rings. The summed E-state index contributed by atoms with van der Waals surface area (Å²) in [7, 11) is 3.12. The van der Waals surface area contributed by atoms with E-state index in [1.54, 1.807) is 39.3 Å². The molecule has 1 aromatic carbocycles. The first-order chi connectivity index (χ1) is 9.60. The summed E-state index contributed by atoms with van der Waals surface area (Å²) in [6, 6.07) is 5.33. The quantitative estimate of drug-likeness (QED) is 0.722. The number of carbonyl (C=O) groups excluding carboxylic acids is 1. The normalized spacial score (nSPS) is 11.8. The third-order valence-corrected chi connectivity index (χ3v) is 2.51. The van der Waals surface area contributed by atoms with Crippen LogP contribution in [0, 0.1) is 0 Å². The number of hydrogen-bond acceptors (Lipinski definition) is 6. The van der Waals surface area contributed by atoms with Gasteiger partial charge in [-0.3, -0.25) is 0 Å². The molecule has 0 heterocycles. The van der Waals surface area contributed by atoms with E-state index in [-0.39, 0.29) is 19.8 Å². The second kappa shape index (κ2) is 8.39. The fourth-order valence-electron chi connectivity index (χ4n) is 1.54. The van der Waals surface area contributed by atoms with Crippen LogP contribution in [0.2, 0.25) is 0 Å². The highest BCUT2D eigenvalue weighted by atomic mass is 16.6. The summed E-state index contributed by atoms with van der Waals surface area (Å²) >= 11 is 0. The number of carbonyl (C=O) groups is 1. The van der Waals surface area contributed by atoms with Crippen molar-refractivity contribution < 1.29 is 28.8 Å². The van der Waals surface area contributed by atoms with E-state index in [1.807, 2.05) is 0 Å². The first-order valence-electron chi connectivity index (χ1n) is 6.25. The van der Waals surface area contributed by atoms with Gasteiger partial charge in [-0.15, -0.1) is 0 Å². The van der Waals surface area contributed by atoms with Crippen molar-refractivity contribution in [3.8, 4) is 11.5 Å². The molecule has 0 spiro atoms. The van der Waals surface area contributed by atoms with Gasteiger partial charge in [0.2, 0.25) is 0 Å². The van der Waals surface area contributed by atoms with Gasteiger partial charge in [-0.25, -0.2) is 4.79 Å². The van der Waals surface area contributed by atoms with Crippen molar-refractivity contribution in [2.24, 2.45) is 0 Å². The average molecular weight is 284 g/mol. The summed E-state index contributed by atoms with van der Waals surface area (Å²) in [5, 5.41) is 9.48. The fraction of sp³-hybridized carbons (Fsp3) is 0.500. The first kappa shape index (κ1) is 16.3. The van der Waals surface area contributed by atoms with Crippen molar-refractivity contribution in [3.63, 3.8) is 0 Å². The van der Waals surface area contributed by atoms with Crippen molar-refractivity contribution in [2.45, 2.75) is 19.6 Å². The molecule has 20 heavy (non-hydrogen) atoms. The van der Waals surface area contributed by atoms with Crippen LogP contribution in [0.15, 0.2) is 18.2 Å². The number of rotatable bonds is 8. The minimum Gasteiger partial charge on any atom is -0.497 e. The topological polar surface area (TPSA) is 74.2 Å². The Hall–Kier alpha value is -1.79. The molecule has 1 N–H and O–H groups in total. The second-order valence-electron chi connectivity index (χ2n) is 4.00. The van der Waals surface area contributed by atoms with E-state index in [4.69, 9.17) is 14.2 Å². The number of aliphatic hydroxyl groups is 1. The van der Waals surface area contributed by atoms with Gasteiger partial charge < -0.3 is 24.1 Å². The molecule has 112 valence electrons. The maximum Gasteiger partial charge on any atom is 0.337 e. The van der Waals surface area contributed by atoms with Gasteiger partial charge in [0, 0.05) is 6.07 Å². The predicted molar refractivity (Wildman–Crippen MR) is 71.8 cm³/mol. The van der Waals surface area contributed by atoms with E-state index in [0.29, 0.717) is 11.5 Å². The lowest BCUT2D eigenvalue weighted by Gasteiger charge is -2.11. The molecule has 0 saturated carbocycles. The first-order valence-corrected chi connectivity index (χ1v) is 6.25. The number of benzene rings is 1. The third kappa shape index (κ3) is 5.07. The number of ether oxygens (including phenoxy) is 4. The number of hydrogen-bond donors (Lipinski definition) is 1. The summed E-state index contributed by atoms with van der Waals surface area (Å²) in [6.45, 7) is 2.00. The van der Waals surface area contributed by atoms with E-state index in [9.17, 15) is 9.90 Å². The summed E-state index contributed by atoms with van der Waals surface area (Å²) in [5.41, 5.74) is 0.817. The zero-order chi connectivity index (χ0) is 15.0. The molecule has 0 aliphatic rings. The Morgan fingerprint density at radius 2 is 1.80 bits per heavy atom. The van der Waals surface area contributed by atoms with E-state index < -0.39 is 12.1 Å². The number of methoxy groups -OCH3 is 2. The molecule has 0 unspecified atom stereocenters. The minimum absolute atomic E-state index is 0.127. The van der Waals surface area contributed by atoms with Gasteiger partial charge in [0.1, 0.15) is 11.5 Å². The Balaban J connectivity index is 2.51. The maximum atomic E-state index is 11.2. The Kier molecular flexibility index (Phi) is 6.83. The molecule has 0 aromatic heterocycles. The zero-order valence-corrected chi connectivity index (χ0v) is 11.9. The highest BCUT2D eigenvalue weighted by Crippen LogP contribution is 2.22. The number of esters is 1. The van der Waals surface area contributed by atoms with Gasteiger partial charge >= 0.3 is 5.97 Å². The van der Waals surface area contributed by atoms with Crippen molar-refractivity contribution in [1.82, 2.24) is 0 Å². The van der Waals surface area contributed by atoms with Crippen LogP contribution >= 0.6 is 0 Å². The van der Waals surface area contributed by atoms with Crippen LogP contribution in [0.25, 0.3) is 0 Å². The van der Waals surface area contributed by atoms with Crippen LogP contribution < -0.4 is 9.47 Å². The molecule has 0 amide bonds. The van der Waals surface area contributed by atoms with Crippen LogP contribution in [0.4, 0.5) is 0 Å². The zero-order valence-electron chi connectivity index (χ0n) is 11.9. The molecular weight excluding hydrogens is 264 g/mol. The smallest absolute Gasteiger partial charge is 0.337 e. The summed E-state index contributed by atoms with van der Waals surface area (Å²) in [6.07, 6.45) is -1.28. The van der Waals surface area contributed by atoms with Crippen LogP contribution in [0.5, 0.6) is 11.5 Å². The highest BCUT2D eigenvalue weighted by molar-refractivity contribution is 5.74. The molecular formula is C14H20O6. The van der Waals surface area contributed by atoms with E-state index >= 15 is 0 Å². The van der Waals surface area contributed by atoms with Crippen LogP contribution in [-0.2, 0) is 20.9 Å². The minimum atomic E-state index is -1.28. The van der Waals surface area contributed by atoms with Crippen molar-refractivity contribution in [1.29, 1.82) is 0 Å². The summed E-state index contributed by atoms with van der Waals surface area (Å²) in [5.74, 6) is 0.610. The highest BCUT2D eigenvalue weighted by Gasteiger charge is 2.16. The van der Waals surface area contributed by atoms with Crippen molar-refractivity contribution in [2.75, 3.05) is 27.4 Å². The van der Waals surface area contributed by atoms with Crippen LogP contribution in [0.1, 0.15) is 12.5 Å². The molecule has 0 fully saturated rings. The monoisotopic (exact) mass is 284 g/mol. The SMILES string of the molecule is CCOC(=O)[C@H](O)COCc1cc(OC)cc(OC)c1. The van der Waals surface area contributed by atoms with E-state index in [0.717, 1.165) is 5.56 Å². The molecule has 0 aliphatic heterocycles. The molecule has 0 aliphatic carbocycles. The van der Waals surface area contributed by atoms with Crippen molar-refractivity contribution in [3.05, 3.63) is 23.8 Å². The Bertz CT molecular complexity index is 409. The molecule has 1 rings (SSSR count). The lowest BCUT2D eigenvalue weighted by atomic mass is 10.2. The summed E-state index contributed by atoms with van der Waals surface area (Å²) < 4.78 is 20.2. The Morgan fingerprint density at radius 1 is 1.20 bits per heavy atom. The van der Waals surface area contributed by atoms with Crippen molar-refractivity contribution >= 4 is 5.97 Å². The van der Waals surface area contributed by atoms with Gasteiger partial charge in [0.15, 0.2) is 6.10 Å². The van der Waals surface area contributed by atoms with Gasteiger partial charge in [-0.2, -0.15) is 0 Å². The standard InChI is InChI=1S/C14H20O6/c1-4-20-14(16)13(15)9-19-8-10-5-11(17-2)7-12(6-10)18-3/h5-7,13,15H,4,8-9H2,1-3H3/t13-/m1/s1. The lowest BCUT2D eigenvalue weighted by molar-refractivity contribution is -0.156. The third-order valence-electron chi connectivity index (χ3n) is 2.51. The molecule has 6 nitrogen and oxygen atoms in total. The van der Waals surface area contributed by atoms with E-state index in [2.05, 4.69) is 4.74 Å². The average Bonchev–Trinajstić information content (AvgIpc) is 2.46. The number of aliphatic hydroxyl groups excluding tert-OH is 1. The largest absolute Gasteiger partial charge is 0.497 e. The summed E-state index contributed by atoms with van der Waals surface area (Å²) in [4.78, 5) is 11.2. The lowest BCUT2D eigenvalue weighted by Crippen LogP contribution is -2.28. The van der Waals surface area contributed by atoms with E-state index in [1.165, 1.54) is 0 Å². The van der Waals surface area contributed by atoms with Gasteiger partial charge in [0.25, 0.3) is 0 Å². The molecule has 0 saturated heterocycles. The Labute approximate surface area is 118 Å². The Morgan fingerprint density at radius 3 is 2.30 bits per heavy atom. The molecule has 0 bridgehead atoms. The maximum absolute atomic E-state index is 11.2. The van der Waals surface area contributed by atoms with Crippen LogP contribution in [0.3, 0.4) is 0 Å². The molecule has 0 radical (unpaired) electrons.